The number of thioether (sulfide) groups is 1. The van der Waals surface area contributed by atoms with E-state index in [0.717, 1.165) is 25.0 Å². The monoisotopic (exact) mass is 877 g/mol. The van der Waals surface area contributed by atoms with Gasteiger partial charge in [0.25, 0.3) is 0 Å². The Bertz CT molecular complexity index is 1330. The van der Waals surface area contributed by atoms with E-state index in [9.17, 15) is 43.8 Å². The Labute approximate surface area is 355 Å². The maximum absolute atomic E-state index is 12.9. The van der Waals surface area contributed by atoms with Crippen molar-refractivity contribution in [3.05, 3.63) is 0 Å². The molecule has 6 atom stereocenters. The molecule has 60 heavy (non-hydrogen) atoms. The number of carbonyl (C=O) groups is 7. The van der Waals surface area contributed by atoms with Gasteiger partial charge in [-0.05, 0) is 32.2 Å². The minimum absolute atomic E-state index is 0.00390. The number of hydrogen-bond donors (Lipinski definition) is 11. The average Bonchev–Trinajstić information content (AvgIpc) is 3.77. The Balaban J connectivity index is 1.38. The average molecular weight is 878 g/mol. The predicted octanol–water partition coefficient (Wildman–Crippen LogP) is -4.17. The predicted molar refractivity (Wildman–Crippen MR) is 220 cm³/mol. The van der Waals surface area contributed by atoms with Crippen molar-refractivity contribution >= 4 is 53.2 Å². The van der Waals surface area contributed by atoms with E-state index in [-0.39, 0.29) is 108 Å². The number of carbonyl (C=O) groups excluding carboxylic acids is 7. The van der Waals surface area contributed by atoms with Crippen molar-refractivity contribution in [2.45, 2.75) is 81.4 Å². The summed E-state index contributed by atoms with van der Waals surface area (Å²) in [5.41, 5.74) is 0. The molecule has 2 saturated heterocycles. The van der Waals surface area contributed by atoms with E-state index >= 15 is 0 Å². The Morgan fingerprint density at radius 2 is 1.23 bits per heavy atom. The first-order valence-corrected chi connectivity index (χ1v) is 21.5. The molecule has 0 bridgehead atoms. The molecule has 2 aliphatic heterocycles. The number of ether oxygens (including phenoxy) is 4. The molecule has 0 saturated carbocycles. The van der Waals surface area contributed by atoms with E-state index in [2.05, 4.69) is 47.9 Å². The van der Waals surface area contributed by atoms with Crippen LogP contribution in [0.5, 0.6) is 0 Å². The van der Waals surface area contributed by atoms with Crippen molar-refractivity contribution in [2.24, 2.45) is 5.92 Å². The normalized spacial score (nSPS) is 18.4. The van der Waals surface area contributed by atoms with Crippen LogP contribution in [0.4, 0.5) is 4.79 Å². The molecule has 2 heterocycles. The lowest BCUT2D eigenvalue weighted by Gasteiger charge is -2.24. The zero-order chi connectivity index (χ0) is 44.1. The summed E-state index contributed by atoms with van der Waals surface area (Å²) in [4.78, 5) is 85.3. The summed E-state index contributed by atoms with van der Waals surface area (Å²) < 4.78 is 21.4. The zero-order valence-corrected chi connectivity index (χ0v) is 35.8. The van der Waals surface area contributed by atoms with Crippen LogP contribution in [0.3, 0.4) is 0 Å². The molecule has 0 aromatic heterocycles. The molecule has 0 unspecified atom stereocenters. The van der Waals surface area contributed by atoms with Gasteiger partial charge in [0.15, 0.2) is 0 Å². The van der Waals surface area contributed by atoms with Gasteiger partial charge in [-0.1, -0.05) is 20.3 Å². The molecule has 11 N–H and O–H groups in total. The van der Waals surface area contributed by atoms with E-state index in [1.807, 2.05) is 25.6 Å². The minimum atomic E-state index is -1.30. The molecule has 0 radical (unpaired) electrons. The maximum atomic E-state index is 12.9. The number of nitrogens with one attached hydrogen (secondary N) is 9. The van der Waals surface area contributed by atoms with Crippen LogP contribution in [0.2, 0.25) is 0 Å². The number of aliphatic hydroxyl groups is 2. The first-order valence-electron chi connectivity index (χ1n) is 20.5. The summed E-state index contributed by atoms with van der Waals surface area (Å²) in [7, 11) is 1.49. The molecule has 0 aromatic rings. The summed E-state index contributed by atoms with van der Waals surface area (Å²) in [5, 5.41) is 43.5. The molecule has 2 rings (SSSR count). The summed E-state index contributed by atoms with van der Waals surface area (Å²) in [5.74, 6) is -1.80. The van der Waals surface area contributed by atoms with E-state index in [1.54, 1.807) is 0 Å². The van der Waals surface area contributed by atoms with Gasteiger partial charge in [0.1, 0.15) is 31.3 Å². The summed E-state index contributed by atoms with van der Waals surface area (Å²) in [6, 6.07) is -2.92. The molecule has 344 valence electrons. The van der Waals surface area contributed by atoms with Gasteiger partial charge in [-0.25, -0.2) is 4.79 Å². The van der Waals surface area contributed by atoms with Gasteiger partial charge in [-0.15, -0.1) is 0 Å². The lowest BCUT2D eigenvalue weighted by Crippen LogP contribution is -2.57. The molecule has 22 nitrogen and oxygen atoms in total. The van der Waals surface area contributed by atoms with Crippen LogP contribution >= 0.6 is 11.8 Å². The number of likely N-dealkylation sites (N-methyl/N-ethyl adjacent to an activating group) is 1. The number of aliphatic hydroxyl groups excluding tert-OH is 2. The summed E-state index contributed by atoms with van der Waals surface area (Å²) >= 11 is 1.87. The molecule has 0 spiro atoms. The van der Waals surface area contributed by atoms with Gasteiger partial charge in [-0.2, -0.15) is 11.8 Å². The highest BCUT2D eigenvalue weighted by molar-refractivity contribution is 8.00. The third-order valence-corrected chi connectivity index (χ3v) is 10.7. The Kier molecular flexibility index (Phi) is 27.1. The quantitative estimate of drug-likeness (QED) is 0.0216. The number of amides is 8. The molecular weight excluding hydrogens is 811 g/mol. The van der Waals surface area contributed by atoms with E-state index in [1.165, 1.54) is 7.05 Å². The molecule has 8 amide bonds. The van der Waals surface area contributed by atoms with Crippen LogP contribution in [-0.2, 0) is 47.7 Å². The molecule has 0 aliphatic carbocycles. The van der Waals surface area contributed by atoms with E-state index in [0.29, 0.717) is 24.8 Å². The van der Waals surface area contributed by atoms with Crippen molar-refractivity contribution in [3.8, 4) is 0 Å². The van der Waals surface area contributed by atoms with Crippen molar-refractivity contribution in [1.82, 2.24) is 47.9 Å². The standard InChI is InChI=1S/C37H67N9O13S/c1-24(2)18-25(43-36(54)26(19-47)38-3)35(53)44-27(20-48)34(52)42-9-8-39-31(50)21-58-16-15-57-13-11-41-32(51)22-59-17-14-56-12-10-40-30(49)7-5-4-6-29-33-28(23-60-29)45-37(55)46-33/h24-29,33,38,47-48H,4-23H2,1-3H3,(H,39,50)(H,40,49)(H,41,51)(H,42,52)(H,43,54)(H,44,53)(H2,45,46,55)/t25-,26-,27-,28-,29-,33-/m0/s1. The molecule has 2 aliphatic rings. The molecule has 23 heteroatoms. The Morgan fingerprint density at radius 3 is 1.83 bits per heavy atom. The Morgan fingerprint density at radius 1 is 0.683 bits per heavy atom. The van der Waals surface area contributed by atoms with Crippen LogP contribution < -0.4 is 47.9 Å². The zero-order valence-electron chi connectivity index (χ0n) is 35.0. The highest BCUT2D eigenvalue weighted by atomic mass is 32.2. The Hall–Kier alpha value is -3.84. The third-order valence-electron chi connectivity index (χ3n) is 9.18. The lowest BCUT2D eigenvalue weighted by atomic mass is 10.0. The molecule has 2 fully saturated rings. The van der Waals surface area contributed by atoms with Crippen molar-refractivity contribution in [2.75, 3.05) is 105 Å². The van der Waals surface area contributed by atoms with Gasteiger partial charge < -0.3 is 77.0 Å². The molecule has 0 aromatic carbocycles. The van der Waals surface area contributed by atoms with Crippen LogP contribution in [0, 0.1) is 5.92 Å². The third kappa shape index (κ3) is 22.1. The summed E-state index contributed by atoms with van der Waals surface area (Å²) in [6.45, 7) is 4.15. The number of hydrogen-bond acceptors (Lipinski definition) is 15. The largest absolute Gasteiger partial charge is 0.394 e. The van der Waals surface area contributed by atoms with Crippen LogP contribution in [0.1, 0.15) is 46.0 Å². The SMILES string of the molecule is CN[C@@H](CO)C(=O)N[C@@H](CC(C)C)C(=O)N[C@@H](CO)C(=O)NCCNC(=O)COCCOCCNC(=O)COCCOCCNC(=O)CCCC[C@@H]1SC[C@@H]2NC(=O)N[C@@H]21. The number of rotatable bonds is 34. The van der Waals surface area contributed by atoms with Crippen LogP contribution in [0.15, 0.2) is 0 Å². The number of fused-ring (bicyclic) bond motifs is 1. The van der Waals surface area contributed by atoms with Gasteiger partial charge in [0, 0.05) is 43.6 Å². The number of unbranched alkanes of at least 4 members (excludes halogenated alkanes) is 1. The fraction of sp³-hybridized carbons (Fsp3) is 0.811. The van der Waals surface area contributed by atoms with Gasteiger partial charge >= 0.3 is 6.03 Å². The second-order valence-corrected chi connectivity index (χ2v) is 15.8. The highest BCUT2D eigenvalue weighted by Crippen LogP contribution is 2.33. The lowest BCUT2D eigenvalue weighted by molar-refractivity contribution is -0.133. The number of urea groups is 1. The first-order chi connectivity index (χ1) is 28.9. The van der Waals surface area contributed by atoms with Crippen LogP contribution in [0.25, 0.3) is 0 Å². The maximum Gasteiger partial charge on any atom is 0.315 e. The fourth-order valence-electron chi connectivity index (χ4n) is 6.02. The minimum Gasteiger partial charge on any atom is -0.394 e. The van der Waals surface area contributed by atoms with Gasteiger partial charge in [0.05, 0.1) is 64.9 Å². The van der Waals surface area contributed by atoms with Crippen molar-refractivity contribution < 1.29 is 62.7 Å². The fourth-order valence-corrected chi connectivity index (χ4v) is 7.56. The van der Waals surface area contributed by atoms with Gasteiger partial charge in [0.2, 0.25) is 35.4 Å². The van der Waals surface area contributed by atoms with Crippen molar-refractivity contribution in [3.63, 3.8) is 0 Å². The second-order valence-electron chi connectivity index (χ2n) is 14.5. The van der Waals surface area contributed by atoms with E-state index < -0.39 is 55.0 Å². The topological polar surface area (TPSA) is 305 Å². The first kappa shape index (κ1) is 52.3. The summed E-state index contributed by atoms with van der Waals surface area (Å²) in [6.07, 6.45) is 3.37. The van der Waals surface area contributed by atoms with Gasteiger partial charge in [-0.3, -0.25) is 28.8 Å². The van der Waals surface area contributed by atoms with Crippen molar-refractivity contribution in [1.29, 1.82) is 0 Å². The van der Waals surface area contributed by atoms with Crippen LogP contribution in [-0.4, -0.2) is 192 Å². The smallest absolute Gasteiger partial charge is 0.315 e. The second kappa shape index (κ2) is 31.1. The van der Waals surface area contributed by atoms with E-state index in [4.69, 9.17) is 18.9 Å². The highest BCUT2D eigenvalue weighted by Gasteiger charge is 2.42. The molecular formula is C37H67N9O13S.